The van der Waals surface area contributed by atoms with Gasteiger partial charge in [-0.1, -0.05) is 36.8 Å². The van der Waals surface area contributed by atoms with Gasteiger partial charge in [-0.05, 0) is 44.7 Å². The molecule has 21 heavy (non-hydrogen) atoms. The summed E-state index contributed by atoms with van der Waals surface area (Å²) in [5.41, 5.74) is 1.19. The molecule has 2 rings (SSSR count). The molecule has 1 fully saturated rings. The zero-order valence-electron chi connectivity index (χ0n) is 13.1. The maximum absolute atomic E-state index is 11.7. The minimum Gasteiger partial charge on any atom is -0.466 e. The number of benzene rings is 1. The number of carbonyl (C=O) groups excluding carboxylic acids is 1. The molecule has 1 aliphatic heterocycles. The number of ether oxygens (including phenoxy) is 1. The third kappa shape index (κ3) is 5.88. The molecule has 1 aliphatic rings. The van der Waals surface area contributed by atoms with Crippen LogP contribution in [0.15, 0.2) is 30.3 Å². The third-order valence-electron chi connectivity index (χ3n) is 4.25. The Morgan fingerprint density at radius 1 is 1.29 bits per heavy atom. The molecule has 116 valence electrons. The highest BCUT2D eigenvalue weighted by molar-refractivity contribution is 5.69. The molecular weight excluding hydrogens is 262 g/mol. The van der Waals surface area contributed by atoms with Crippen LogP contribution < -0.4 is 0 Å². The average Bonchev–Trinajstić information content (AvgIpc) is 2.52. The SMILES string of the molecule is CC1CCCCN1CCCOC(=O)CCc1ccccc1. The normalized spacial score (nSPS) is 19.4. The predicted octanol–water partition coefficient (Wildman–Crippen LogP) is 3.43. The van der Waals surface area contributed by atoms with Crippen LogP contribution in [0.5, 0.6) is 0 Å². The van der Waals surface area contributed by atoms with Crippen LogP contribution in [0.4, 0.5) is 0 Å². The number of hydrogen-bond acceptors (Lipinski definition) is 3. The van der Waals surface area contributed by atoms with E-state index < -0.39 is 0 Å². The van der Waals surface area contributed by atoms with E-state index in [1.54, 1.807) is 0 Å². The lowest BCUT2D eigenvalue weighted by Gasteiger charge is -2.33. The summed E-state index contributed by atoms with van der Waals surface area (Å²) >= 11 is 0. The fourth-order valence-corrected chi connectivity index (χ4v) is 2.91. The highest BCUT2D eigenvalue weighted by Crippen LogP contribution is 2.16. The second-order valence-electron chi connectivity index (χ2n) is 5.94. The first kappa shape index (κ1) is 16.0. The molecule has 1 saturated heterocycles. The molecule has 3 heteroatoms. The first-order valence-corrected chi connectivity index (χ1v) is 8.19. The van der Waals surface area contributed by atoms with E-state index in [4.69, 9.17) is 4.74 Å². The molecule has 1 heterocycles. The molecule has 1 aromatic carbocycles. The number of hydrogen-bond donors (Lipinski definition) is 0. The lowest BCUT2D eigenvalue weighted by atomic mass is 10.0. The summed E-state index contributed by atoms with van der Waals surface area (Å²) in [6.45, 7) is 5.10. The van der Waals surface area contributed by atoms with Crippen LogP contribution in [0, 0.1) is 0 Å². The summed E-state index contributed by atoms with van der Waals surface area (Å²) in [5, 5.41) is 0. The standard InChI is InChI=1S/C18H27NO2/c1-16-8-5-6-13-19(16)14-7-15-21-18(20)12-11-17-9-3-2-4-10-17/h2-4,9-10,16H,5-8,11-15H2,1H3. The topological polar surface area (TPSA) is 29.5 Å². The van der Waals surface area contributed by atoms with Crippen molar-refractivity contribution in [2.75, 3.05) is 19.7 Å². The molecule has 0 aromatic heterocycles. The first-order chi connectivity index (χ1) is 10.3. The van der Waals surface area contributed by atoms with Crippen LogP contribution in [0.2, 0.25) is 0 Å². The molecule has 1 aromatic rings. The molecule has 0 amide bonds. The zero-order valence-corrected chi connectivity index (χ0v) is 13.1. The Hall–Kier alpha value is -1.35. The molecule has 0 spiro atoms. The van der Waals surface area contributed by atoms with E-state index in [0.717, 1.165) is 19.4 Å². The Kier molecular flexibility index (Phi) is 6.74. The van der Waals surface area contributed by atoms with Crippen LogP contribution in [0.1, 0.15) is 44.6 Å². The molecular formula is C18H27NO2. The van der Waals surface area contributed by atoms with Crippen molar-refractivity contribution in [2.24, 2.45) is 0 Å². The van der Waals surface area contributed by atoms with Gasteiger partial charge in [0.2, 0.25) is 0 Å². The lowest BCUT2D eigenvalue weighted by molar-refractivity contribution is -0.143. The number of nitrogens with zero attached hydrogens (tertiary/aromatic N) is 1. The fraction of sp³-hybridized carbons (Fsp3) is 0.611. The van der Waals surface area contributed by atoms with E-state index >= 15 is 0 Å². The highest BCUT2D eigenvalue weighted by atomic mass is 16.5. The maximum Gasteiger partial charge on any atom is 0.306 e. The molecule has 0 N–H and O–H groups in total. The van der Waals surface area contributed by atoms with E-state index in [1.165, 1.54) is 31.4 Å². The van der Waals surface area contributed by atoms with Crippen LogP contribution in [-0.4, -0.2) is 36.6 Å². The second-order valence-corrected chi connectivity index (χ2v) is 5.94. The summed E-state index contributed by atoms with van der Waals surface area (Å²) in [7, 11) is 0. The number of likely N-dealkylation sites (tertiary alicyclic amines) is 1. The highest BCUT2D eigenvalue weighted by Gasteiger charge is 2.17. The smallest absolute Gasteiger partial charge is 0.306 e. The minimum atomic E-state index is -0.0782. The van der Waals surface area contributed by atoms with Gasteiger partial charge in [-0.2, -0.15) is 0 Å². The van der Waals surface area contributed by atoms with Crippen LogP contribution in [0.3, 0.4) is 0 Å². The van der Waals surface area contributed by atoms with Gasteiger partial charge in [-0.15, -0.1) is 0 Å². The molecule has 0 saturated carbocycles. The van der Waals surface area contributed by atoms with Gasteiger partial charge in [0.1, 0.15) is 0 Å². The molecule has 1 atom stereocenters. The van der Waals surface area contributed by atoms with Crippen molar-refractivity contribution < 1.29 is 9.53 Å². The van der Waals surface area contributed by atoms with E-state index in [0.29, 0.717) is 19.1 Å². The van der Waals surface area contributed by atoms with Crippen molar-refractivity contribution in [1.29, 1.82) is 0 Å². The van der Waals surface area contributed by atoms with Gasteiger partial charge < -0.3 is 9.64 Å². The Balaban J connectivity index is 1.55. The predicted molar refractivity (Wildman–Crippen MR) is 85.2 cm³/mol. The quantitative estimate of drug-likeness (QED) is 0.569. The van der Waals surface area contributed by atoms with Gasteiger partial charge in [0.05, 0.1) is 6.61 Å². The molecule has 0 radical (unpaired) electrons. The van der Waals surface area contributed by atoms with E-state index in [2.05, 4.69) is 11.8 Å². The van der Waals surface area contributed by atoms with Crippen molar-refractivity contribution in [1.82, 2.24) is 4.90 Å². The van der Waals surface area contributed by atoms with Crippen LogP contribution in [-0.2, 0) is 16.0 Å². The number of esters is 1. The maximum atomic E-state index is 11.7. The fourth-order valence-electron chi connectivity index (χ4n) is 2.91. The van der Waals surface area contributed by atoms with Crippen molar-refractivity contribution >= 4 is 5.97 Å². The molecule has 3 nitrogen and oxygen atoms in total. The number of rotatable bonds is 7. The van der Waals surface area contributed by atoms with Crippen molar-refractivity contribution in [3.05, 3.63) is 35.9 Å². The van der Waals surface area contributed by atoms with Crippen LogP contribution >= 0.6 is 0 Å². The van der Waals surface area contributed by atoms with Crippen molar-refractivity contribution in [3.63, 3.8) is 0 Å². The van der Waals surface area contributed by atoms with E-state index in [9.17, 15) is 4.79 Å². The number of piperidine rings is 1. The van der Waals surface area contributed by atoms with Gasteiger partial charge in [-0.25, -0.2) is 0 Å². The van der Waals surface area contributed by atoms with Gasteiger partial charge in [-0.3, -0.25) is 4.79 Å². The largest absolute Gasteiger partial charge is 0.466 e. The van der Waals surface area contributed by atoms with Gasteiger partial charge in [0, 0.05) is 19.0 Å². The summed E-state index contributed by atoms with van der Waals surface area (Å²) < 4.78 is 5.32. The Bertz CT molecular complexity index is 418. The van der Waals surface area contributed by atoms with E-state index in [1.807, 2.05) is 30.3 Å². The average molecular weight is 289 g/mol. The lowest BCUT2D eigenvalue weighted by Crippen LogP contribution is -2.38. The summed E-state index contributed by atoms with van der Waals surface area (Å²) in [4.78, 5) is 14.2. The molecule has 0 aliphatic carbocycles. The summed E-state index contributed by atoms with van der Waals surface area (Å²) in [5.74, 6) is -0.0782. The third-order valence-corrected chi connectivity index (χ3v) is 4.25. The van der Waals surface area contributed by atoms with Gasteiger partial charge in [0.15, 0.2) is 0 Å². The van der Waals surface area contributed by atoms with Gasteiger partial charge >= 0.3 is 5.97 Å². The molecule has 1 unspecified atom stereocenters. The summed E-state index contributed by atoms with van der Waals surface area (Å²) in [6.07, 6.45) is 6.15. The number of carbonyl (C=O) groups is 1. The monoisotopic (exact) mass is 289 g/mol. The minimum absolute atomic E-state index is 0.0782. The van der Waals surface area contributed by atoms with Crippen molar-refractivity contribution in [3.8, 4) is 0 Å². The zero-order chi connectivity index (χ0) is 14.9. The van der Waals surface area contributed by atoms with E-state index in [-0.39, 0.29) is 5.97 Å². The van der Waals surface area contributed by atoms with Crippen molar-refractivity contribution in [2.45, 2.75) is 51.5 Å². The first-order valence-electron chi connectivity index (χ1n) is 8.19. The Morgan fingerprint density at radius 3 is 2.86 bits per heavy atom. The van der Waals surface area contributed by atoms with Gasteiger partial charge in [0.25, 0.3) is 0 Å². The second kappa shape index (κ2) is 8.83. The summed E-state index contributed by atoms with van der Waals surface area (Å²) in [6, 6.07) is 10.8. The number of aryl methyl sites for hydroxylation is 1. The Labute approximate surface area is 128 Å². The molecule has 0 bridgehead atoms. The Morgan fingerprint density at radius 2 is 2.10 bits per heavy atom. The van der Waals surface area contributed by atoms with Crippen LogP contribution in [0.25, 0.3) is 0 Å².